The maximum Gasteiger partial charge on any atom is 0.130 e. The van der Waals surface area contributed by atoms with E-state index in [1.54, 1.807) is 32.0 Å². The van der Waals surface area contributed by atoms with Crippen LogP contribution in [0.1, 0.15) is 44.2 Å². The number of rotatable bonds is 2. The molecule has 1 aromatic carbocycles. The van der Waals surface area contributed by atoms with E-state index < -0.39 is 11.7 Å². The van der Waals surface area contributed by atoms with Crippen molar-refractivity contribution in [1.82, 2.24) is 0 Å². The van der Waals surface area contributed by atoms with Gasteiger partial charge in [0.1, 0.15) is 23.2 Å². The molecule has 2 rings (SSSR count). The monoisotopic (exact) mass is 259 g/mol. The second-order valence-corrected chi connectivity index (χ2v) is 5.53. The normalized spacial score (nSPS) is 23.9. The minimum Gasteiger partial charge on any atom is -0.485 e. The van der Waals surface area contributed by atoms with E-state index in [1.807, 2.05) is 0 Å². The molecule has 1 aromatic rings. The highest BCUT2D eigenvalue weighted by Crippen LogP contribution is 2.43. The number of ether oxygens (including phenoxy) is 1. The number of Topliss-reactive ketones (excluding diaryl/α,β-unsaturated/α-hetero) is 1. The number of benzene rings is 1. The molecule has 0 aromatic heterocycles. The molecule has 1 aliphatic rings. The fourth-order valence-corrected chi connectivity index (χ4v) is 2.53. The highest BCUT2D eigenvalue weighted by Gasteiger charge is 2.43. The Bertz CT molecular complexity index is 557. The summed E-state index contributed by atoms with van der Waals surface area (Å²) in [5.41, 5.74) is 0.491. The molecule has 1 heterocycles. The van der Waals surface area contributed by atoms with E-state index in [-0.39, 0.29) is 18.1 Å². The van der Waals surface area contributed by atoms with E-state index in [0.717, 1.165) is 5.56 Å². The topological polar surface area (TPSA) is 70.3 Å². The van der Waals surface area contributed by atoms with Crippen molar-refractivity contribution in [3.63, 3.8) is 0 Å². The van der Waals surface area contributed by atoms with Crippen molar-refractivity contribution in [3.8, 4) is 11.8 Å². The van der Waals surface area contributed by atoms with Crippen LogP contribution >= 0.6 is 0 Å². The first-order valence-electron chi connectivity index (χ1n) is 6.25. The predicted molar refractivity (Wildman–Crippen MR) is 69.9 cm³/mol. The molecule has 0 saturated heterocycles. The van der Waals surface area contributed by atoms with Crippen LogP contribution in [0.25, 0.3) is 0 Å². The molecule has 0 fully saturated rings. The number of aliphatic hydroxyl groups is 1. The van der Waals surface area contributed by atoms with Crippen molar-refractivity contribution in [3.05, 3.63) is 29.3 Å². The van der Waals surface area contributed by atoms with Gasteiger partial charge >= 0.3 is 0 Å². The second kappa shape index (κ2) is 4.67. The molecule has 19 heavy (non-hydrogen) atoms. The number of aliphatic hydroxyl groups excluding tert-OH is 1. The van der Waals surface area contributed by atoms with Crippen LogP contribution < -0.4 is 4.74 Å². The first kappa shape index (κ1) is 13.6. The Morgan fingerprint density at radius 2 is 2.21 bits per heavy atom. The first-order valence-corrected chi connectivity index (χ1v) is 6.25. The number of ketones is 1. The summed E-state index contributed by atoms with van der Waals surface area (Å²) in [7, 11) is 0. The van der Waals surface area contributed by atoms with Gasteiger partial charge in [-0.15, -0.1) is 0 Å². The Morgan fingerprint density at radius 1 is 1.53 bits per heavy atom. The van der Waals surface area contributed by atoms with Gasteiger partial charge in [-0.25, -0.2) is 0 Å². The van der Waals surface area contributed by atoms with Gasteiger partial charge in [0.25, 0.3) is 0 Å². The maximum absolute atomic E-state index is 11.4. The van der Waals surface area contributed by atoms with Gasteiger partial charge in [-0.05, 0) is 39.0 Å². The summed E-state index contributed by atoms with van der Waals surface area (Å²) in [6.45, 7) is 5.10. The Labute approximate surface area is 112 Å². The van der Waals surface area contributed by atoms with Crippen LogP contribution in [0.15, 0.2) is 18.2 Å². The number of hydrogen-bond donors (Lipinski definition) is 1. The maximum atomic E-state index is 11.4. The minimum absolute atomic E-state index is 0.00932. The average Bonchev–Trinajstić information content (AvgIpc) is 2.34. The Hall–Kier alpha value is -1.86. The molecule has 0 spiro atoms. The largest absolute Gasteiger partial charge is 0.485 e. The van der Waals surface area contributed by atoms with Crippen molar-refractivity contribution in [1.29, 1.82) is 5.26 Å². The zero-order valence-electron chi connectivity index (χ0n) is 11.3. The van der Waals surface area contributed by atoms with Gasteiger partial charge < -0.3 is 14.6 Å². The number of nitrogens with zero attached hydrogens (tertiary/aromatic N) is 1. The third kappa shape index (κ3) is 2.47. The third-order valence-corrected chi connectivity index (χ3v) is 3.51. The van der Waals surface area contributed by atoms with Crippen LogP contribution in [-0.4, -0.2) is 22.6 Å². The molecular formula is C15H17NO3. The Kier molecular flexibility index (Phi) is 3.34. The quantitative estimate of drug-likeness (QED) is 0.883. The summed E-state index contributed by atoms with van der Waals surface area (Å²) in [4.78, 5) is 11.4. The molecule has 2 atom stereocenters. The summed E-state index contributed by atoms with van der Waals surface area (Å²) >= 11 is 0. The molecular weight excluding hydrogens is 242 g/mol. The Morgan fingerprint density at radius 3 is 2.79 bits per heavy atom. The zero-order chi connectivity index (χ0) is 14.2. The van der Waals surface area contributed by atoms with Gasteiger partial charge in [-0.1, -0.05) is 0 Å². The summed E-state index contributed by atoms with van der Waals surface area (Å²) in [5, 5.41) is 19.4. The predicted octanol–water partition coefficient (Wildman–Crippen LogP) is 2.15. The number of nitriles is 1. The number of fused-ring (bicyclic) bond motifs is 1. The molecule has 0 aliphatic carbocycles. The smallest absolute Gasteiger partial charge is 0.130 e. The first-order chi connectivity index (χ1) is 8.85. The summed E-state index contributed by atoms with van der Waals surface area (Å²) < 4.78 is 5.77. The van der Waals surface area contributed by atoms with Crippen LogP contribution in [-0.2, 0) is 4.79 Å². The minimum atomic E-state index is -0.780. The SMILES string of the molecule is CC(=O)C[C@@H]1c2cc(C#N)ccc2OC(C)(C)[C@H]1O. The van der Waals surface area contributed by atoms with E-state index in [4.69, 9.17) is 10.00 Å². The summed E-state index contributed by atoms with van der Waals surface area (Å²) in [6, 6.07) is 7.17. The molecule has 0 unspecified atom stereocenters. The fraction of sp³-hybridized carbons (Fsp3) is 0.467. The van der Waals surface area contributed by atoms with E-state index in [0.29, 0.717) is 11.3 Å². The molecule has 1 aliphatic heterocycles. The molecule has 4 nitrogen and oxygen atoms in total. The van der Waals surface area contributed by atoms with Crippen LogP contribution in [0.3, 0.4) is 0 Å². The molecule has 1 N–H and O–H groups in total. The number of carbonyl (C=O) groups is 1. The van der Waals surface area contributed by atoms with E-state index in [1.165, 1.54) is 6.92 Å². The average molecular weight is 259 g/mol. The molecule has 0 amide bonds. The van der Waals surface area contributed by atoms with Gasteiger partial charge in [0, 0.05) is 17.9 Å². The molecule has 0 radical (unpaired) electrons. The number of carbonyl (C=O) groups excluding carboxylic acids is 1. The fourth-order valence-electron chi connectivity index (χ4n) is 2.53. The highest BCUT2D eigenvalue weighted by atomic mass is 16.5. The van der Waals surface area contributed by atoms with Gasteiger partial charge in [0.15, 0.2) is 0 Å². The lowest BCUT2D eigenvalue weighted by Crippen LogP contribution is -2.49. The molecule has 100 valence electrons. The van der Waals surface area contributed by atoms with E-state index in [9.17, 15) is 9.90 Å². The Balaban J connectivity index is 2.52. The number of hydrogen-bond acceptors (Lipinski definition) is 4. The van der Waals surface area contributed by atoms with Crippen molar-refractivity contribution in [2.75, 3.05) is 0 Å². The van der Waals surface area contributed by atoms with Crippen LogP contribution in [0.4, 0.5) is 0 Å². The van der Waals surface area contributed by atoms with E-state index in [2.05, 4.69) is 6.07 Å². The van der Waals surface area contributed by atoms with Gasteiger partial charge in [-0.3, -0.25) is 0 Å². The van der Waals surface area contributed by atoms with Gasteiger partial charge in [-0.2, -0.15) is 5.26 Å². The van der Waals surface area contributed by atoms with E-state index >= 15 is 0 Å². The molecule has 4 heteroatoms. The van der Waals surface area contributed by atoms with Gasteiger partial charge in [0.05, 0.1) is 11.6 Å². The van der Waals surface area contributed by atoms with Crippen molar-refractivity contribution >= 4 is 5.78 Å². The lowest BCUT2D eigenvalue weighted by atomic mass is 9.78. The van der Waals surface area contributed by atoms with Crippen LogP contribution in [0, 0.1) is 11.3 Å². The molecule has 0 bridgehead atoms. The third-order valence-electron chi connectivity index (χ3n) is 3.51. The van der Waals surface area contributed by atoms with Crippen molar-refractivity contribution in [2.24, 2.45) is 0 Å². The summed E-state index contributed by atoms with van der Waals surface area (Å²) in [6.07, 6.45) is -0.534. The van der Waals surface area contributed by atoms with Gasteiger partial charge in [0.2, 0.25) is 0 Å². The zero-order valence-corrected chi connectivity index (χ0v) is 11.3. The lowest BCUT2D eigenvalue weighted by molar-refractivity contribution is -0.120. The van der Waals surface area contributed by atoms with Crippen LogP contribution in [0.5, 0.6) is 5.75 Å². The van der Waals surface area contributed by atoms with Crippen molar-refractivity contribution in [2.45, 2.75) is 44.8 Å². The summed E-state index contributed by atoms with van der Waals surface area (Å²) in [5.74, 6) is 0.320. The second-order valence-electron chi connectivity index (χ2n) is 5.53. The molecule has 0 saturated carbocycles. The van der Waals surface area contributed by atoms with Crippen LogP contribution in [0.2, 0.25) is 0 Å². The standard InChI is InChI=1S/C15H17NO3/c1-9(17)6-12-11-7-10(8-16)4-5-13(11)19-15(2,3)14(12)18/h4-5,7,12,14,18H,6H2,1-3H3/t12-,14+/m1/s1. The van der Waals surface area contributed by atoms with Crippen molar-refractivity contribution < 1.29 is 14.6 Å². The highest BCUT2D eigenvalue weighted by molar-refractivity contribution is 5.77. The lowest BCUT2D eigenvalue weighted by Gasteiger charge is -2.42.